The van der Waals surface area contributed by atoms with Crippen LogP contribution in [0.2, 0.25) is 5.02 Å². The fourth-order valence-electron chi connectivity index (χ4n) is 2.64. The molecule has 90 valence electrons. The van der Waals surface area contributed by atoms with Crippen LogP contribution in [0.1, 0.15) is 37.4 Å². The van der Waals surface area contributed by atoms with Crippen molar-refractivity contribution >= 4 is 38.5 Å². The highest BCUT2D eigenvalue weighted by Gasteiger charge is 2.24. The summed E-state index contributed by atoms with van der Waals surface area (Å²) in [6.45, 7) is 0. The predicted molar refractivity (Wildman–Crippen MR) is 75.1 cm³/mol. The van der Waals surface area contributed by atoms with Crippen molar-refractivity contribution in [3.63, 3.8) is 0 Å². The van der Waals surface area contributed by atoms with Crippen LogP contribution in [-0.4, -0.2) is 4.83 Å². The molecule has 0 N–H and O–H groups in total. The minimum atomic E-state index is 0.539. The number of benzene rings is 1. The Kier molecular flexibility index (Phi) is 3.18. The number of furan rings is 1. The lowest BCUT2D eigenvalue weighted by Crippen LogP contribution is -2.12. The number of alkyl halides is 1. The summed E-state index contributed by atoms with van der Waals surface area (Å²) in [5, 5.41) is 1.82. The number of halogens is 2. The summed E-state index contributed by atoms with van der Waals surface area (Å²) in [7, 11) is 0. The van der Waals surface area contributed by atoms with Crippen LogP contribution < -0.4 is 0 Å². The molecule has 17 heavy (non-hydrogen) atoms. The average molecular weight is 314 g/mol. The molecule has 2 unspecified atom stereocenters. The van der Waals surface area contributed by atoms with Crippen LogP contribution in [0.5, 0.6) is 0 Å². The van der Waals surface area contributed by atoms with Crippen LogP contribution >= 0.6 is 27.5 Å². The molecule has 1 aromatic heterocycles. The first-order valence-corrected chi connectivity index (χ1v) is 7.35. The van der Waals surface area contributed by atoms with Gasteiger partial charge in [-0.1, -0.05) is 46.1 Å². The minimum Gasteiger partial charge on any atom is -0.459 e. The molecule has 1 fully saturated rings. The molecule has 3 rings (SSSR count). The van der Waals surface area contributed by atoms with Crippen molar-refractivity contribution in [2.24, 2.45) is 0 Å². The van der Waals surface area contributed by atoms with Gasteiger partial charge < -0.3 is 4.42 Å². The molecule has 0 aliphatic heterocycles. The number of hydrogen-bond donors (Lipinski definition) is 0. The summed E-state index contributed by atoms with van der Waals surface area (Å²) >= 11 is 9.85. The molecular formula is C14H14BrClO. The highest BCUT2D eigenvalue weighted by molar-refractivity contribution is 9.09. The molecule has 0 spiro atoms. The van der Waals surface area contributed by atoms with Gasteiger partial charge in [0, 0.05) is 16.1 Å². The monoisotopic (exact) mass is 312 g/mol. The lowest BCUT2D eigenvalue weighted by atomic mass is 9.87. The molecule has 1 saturated carbocycles. The van der Waals surface area contributed by atoms with Gasteiger partial charge in [-0.15, -0.1) is 0 Å². The molecule has 2 aromatic rings. The van der Waals surface area contributed by atoms with Crippen molar-refractivity contribution in [2.75, 3.05) is 0 Å². The van der Waals surface area contributed by atoms with E-state index in [1.165, 1.54) is 19.3 Å². The largest absolute Gasteiger partial charge is 0.459 e. The van der Waals surface area contributed by atoms with Gasteiger partial charge in [-0.2, -0.15) is 0 Å². The van der Waals surface area contributed by atoms with Crippen molar-refractivity contribution in [2.45, 2.75) is 36.4 Å². The van der Waals surface area contributed by atoms with Crippen molar-refractivity contribution in [1.82, 2.24) is 0 Å². The van der Waals surface area contributed by atoms with Gasteiger partial charge in [0.1, 0.15) is 5.76 Å². The number of hydrogen-bond acceptors (Lipinski definition) is 1. The first kappa shape index (κ1) is 11.6. The Morgan fingerprint density at radius 2 is 2.18 bits per heavy atom. The predicted octanol–water partition coefficient (Wildman–Crippen LogP) is 5.51. The second-order valence-electron chi connectivity index (χ2n) is 4.77. The molecule has 1 aliphatic rings. The molecular weight excluding hydrogens is 300 g/mol. The van der Waals surface area contributed by atoms with E-state index in [0.717, 1.165) is 23.2 Å². The number of rotatable bonds is 1. The normalized spacial score (nSPS) is 25.3. The zero-order valence-electron chi connectivity index (χ0n) is 9.46. The van der Waals surface area contributed by atoms with Gasteiger partial charge in [-0.3, -0.25) is 0 Å². The van der Waals surface area contributed by atoms with E-state index >= 15 is 0 Å². The van der Waals surface area contributed by atoms with E-state index in [2.05, 4.69) is 28.1 Å². The molecule has 0 amide bonds. The topological polar surface area (TPSA) is 13.1 Å². The maximum atomic E-state index is 6.13. The summed E-state index contributed by atoms with van der Waals surface area (Å²) < 4.78 is 5.93. The fourth-order valence-corrected chi connectivity index (χ4v) is 3.63. The number of para-hydroxylation sites is 1. The van der Waals surface area contributed by atoms with Crippen molar-refractivity contribution in [3.8, 4) is 0 Å². The molecule has 3 heteroatoms. The maximum absolute atomic E-state index is 6.13. The van der Waals surface area contributed by atoms with E-state index in [1.807, 2.05) is 12.1 Å². The molecule has 0 bridgehead atoms. The van der Waals surface area contributed by atoms with Crippen LogP contribution in [0.25, 0.3) is 11.0 Å². The molecule has 0 saturated heterocycles. The van der Waals surface area contributed by atoms with Gasteiger partial charge in [0.05, 0.1) is 5.02 Å². The van der Waals surface area contributed by atoms with Gasteiger partial charge in [-0.05, 0) is 31.4 Å². The van der Waals surface area contributed by atoms with Gasteiger partial charge >= 0.3 is 0 Å². The van der Waals surface area contributed by atoms with Gasteiger partial charge in [0.25, 0.3) is 0 Å². The van der Waals surface area contributed by atoms with E-state index in [-0.39, 0.29) is 0 Å². The van der Waals surface area contributed by atoms with Crippen LogP contribution in [-0.2, 0) is 0 Å². The third-order valence-corrected chi connectivity index (χ3v) is 4.66. The zero-order valence-corrected chi connectivity index (χ0v) is 11.8. The maximum Gasteiger partial charge on any atom is 0.152 e. The van der Waals surface area contributed by atoms with E-state index in [4.69, 9.17) is 16.0 Å². The van der Waals surface area contributed by atoms with Gasteiger partial charge in [0.15, 0.2) is 5.58 Å². The standard InChI is InChI=1S/C14H14BrClO/c15-11-5-1-3-9(7-11)13-8-10-4-2-6-12(16)14(10)17-13/h2,4,6,8-9,11H,1,3,5,7H2. The SMILES string of the molecule is Clc1cccc2cc(C3CCCC(Br)C3)oc12. The summed E-state index contributed by atoms with van der Waals surface area (Å²) in [6, 6.07) is 8.06. The minimum absolute atomic E-state index is 0.539. The lowest BCUT2D eigenvalue weighted by molar-refractivity contribution is 0.394. The van der Waals surface area contributed by atoms with Crippen molar-refractivity contribution < 1.29 is 4.42 Å². The number of fused-ring (bicyclic) bond motifs is 1. The van der Waals surface area contributed by atoms with Gasteiger partial charge in [-0.25, -0.2) is 0 Å². The van der Waals surface area contributed by atoms with E-state index < -0.39 is 0 Å². The second kappa shape index (κ2) is 4.66. The summed E-state index contributed by atoms with van der Waals surface area (Å²) in [4.78, 5) is 0.630. The first-order chi connectivity index (χ1) is 8.24. The van der Waals surface area contributed by atoms with Crippen LogP contribution in [0.3, 0.4) is 0 Å². The van der Waals surface area contributed by atoms with Gasteiger partial charge in [0.2, 0.25) is 0 Å². The summed E-state index contributed by atoms with van der Waals surface area (Å²) in [5.74, 6) is 1.63. The van der Waals surface area contributed by atoms with E-state index in [0.29, 0.717) is 15.8 Å². The van der Waals surface area contributed by atoms with E-state index in [9.17, 15) is 0 Å². The molecule has 2 atom stereocenters. The molecule has 1 nitrogen and oxygen atoms in total. The fraction of sp³-hybridized carbons (Fsp3) is 0.429. The third kappa shape index (κ3) is 2.25. The molecule has 1 aliphatic carbocycles. The van der Waals surface area contributed by atoms with Crippen molar-refractivity contribution in [1.29, 1.82) is 0 Å². The van der Waals surface area contributed by atoms with E-state index in [1.54, 1.807) is 0 Å². The summed E-state index contributed by atoms with van der Waals surface area (Å²) in [5.41, 5.74) is 0.834. The van der Waals surface area contributed by atoms with Crippen molar-refractivity contribution in [3.05, 3.63) is 35.0 Å². The Hall–Kier alpha value is -0.470. The Morgan fingerprint density at radius 1 is 1.29 bits per heavy atom. The molecule has 0 radical (unpaired) electrons. The Morgan fingerprint density at radius 3 is 2.94 bits per heavy atom. The Balaban J connectivity index is 1.97. The Labute approximate surface area is 114 Å². The average Bonchev–Trinajstić information content (AvgIpc) is 2.74. The van der Waals surface area contributed by atoms with Crippen LogP contribution in [0, 0.1) is 0 Å². The zero-order chi connectivity index (χ0) is 11.8. The first-order valence-electron chi connectivity index (χ1n) is 6.06. The highest BCUT2D eigenvalue weighted by Crippen LogP contribution is 2.39. The van der Waals surface area contributed by atoms with Crippen LogP contribution in [0.4, 0.5) is 0 Å². The summed E-state index contributed by atoms with van der Waals surface area (Å²) in [6.07, 6.45) is 4.93. The smallest absolute Gasteiger partial charge is 0.152 e. The lowest BCUT2D eigenvalue weighted by Gasteiger charge is -2.23. The molecule has 1 heterocycles. The highest BCUT2D eigenvalue weighted by atomic mass is 79.9. The quantitative estimate of drug-likeness (QED) is 0.633. The molecule has 1 aromatic carbocycles. The Bertz CT molecular complexity index is 534. The third-order valence-electron chi connectivity index (χ3n) is 3.53. The second-order valence-corrected chi connectivity index (χ2v) is 6.47. The van der Waals surface area contributed by atoms with Crippen LogP contribution in [0.15, 0.2) is 28.7 Å².